The Balaban J connectivity index is 2.43. The highest BCUT2D eigenvalue weighted by molar-refractivity contribution is 5.76. The largest absolute Gasteiger partial charge is 0.391 e. The lowest BCUT2D eigenvalue weighted by Gasteiger charge is -2.23. The summed E-state index contributed by atoms with van der Waals surface area (Å²) in [5.41, 5.74) is 0. The van der Waals surface area contributed by atoms with E-state index in [1.165, 1.54) is 5.01 Å². The molecular weight excluding hydrogens is 144 g/mol. The van der Waals surface area contributed by atoms with Crippen LogP contribution in [-0.2, 0) is 0 Å². The van der Waals surface area contributed by atoms with Crippen LogP contribution in [0.5, 0.6) is 0 Å². The summed E-state index contributed by atoms with van der Waals surface area (Å²) in [6.07, 6.45) is 0.436. The van der Waals surface area contributed by atoms with Crippen LogP contribution < -0.4 is 5.84 Å². The molecule has 1 fully saturated rings. The van der Waals surface area contributed by atoms with Crippen LogP contribution in [0.1, 0.15) is 6.42 Å². The lowest BCUT2D eigenvalue weighted by Crippen LogP contribution is -2.44. The Morgan fingerprint density at radius 2 is 2.45 bits per heavy atom. The number of hydrogen-bond acceptors (Lipinski definition) is 3. The Bertz CT molecular complexity index is 159. The van der Waals surface area contributed by atoms with E-state index in [0.29, 0.717) is 6.54 Å². The van der Waals surface area contributed by atoms with E-state index in [0.717, 1.165) is 13.0 Å². The van der Waals surface area contributed by atoms with E-state index in [1.54, 1.807) is 11.9 Å². The molecule has 1 atom stereocenters. The summed E-state index contributed by atoms with van der Waals surface area (Å²) < 4.78 is 0. The molecular formula is C6H14N4O. The van der Waals surface area contributed by atoms with Gasteiger partial charge in [0.15, 0.2) is 0 Å². The molecule has 0 bridgehead atoms. The van der Waals surface area contributed by atoms with Gasteiger partial charge in [0.1, 0.15) is 0 Å². The minimum Gasteiger partial charge on any atom is -0.391 e. The van der Waals surface area contributed by atoms with Crippen molar-refractivity contribution in [2.45, 2.75) is 12.5 Å². The molecule has 1 aliphatic heterocycles. The van der Waals surface area contributed by atoms with Gasteiger partial charge in [-0.1, -0.05) is 0 Å². The van der Waals surface area contributed by atoms with Crippen molar-refractivity contribution in [3.63, 3.8) is 0 Å². The Hall–Kier alpha value is -0.810. The van der Waals surface area contributed by atoms with Gasteiger partial charge in [-0.05, 0) is 6.42 Å². The average Bonchev–Trinajstić information content (AvgIpc) is 2.34. The third-order valence-electron chi connectivity index (χ3n) is 1.80. The smallest absolute Gasteiger partial charge is 0.208 e. The SMILES string of the molecule is CN(N)C(=N)N1CCC(O)C1. The molecule has 0 saturated carbocycles. The number of nitrogens with zero attached hydrogens (tertiary/aromatic N) is 2. The second kappa shape index (κ2) is 3.06. The molecule has 1 aliphatic rings. The third-order valence-corrected chi connectivity index (χ3v) is 1.80. The van der Waals surface area contributed by atoms with E-state index in [1.807, 2.05) is 0 Å². The predicted molar refractivity (Wildman–Crippen MR) is 41.9 cm³/mol. The summed E-state index contributed by atoms with van der Waals surface area (Å²) in [6.45, 7) is 1.25. The van der Waals surface area contributed by atoms with E-state index in [-0.39, 0.29) is 12.1 Å². The molecule has 5 nitrogen and oxygen atoms in total. The minimum absolute atomic E-state index is 0.265. The molecule has 0 aromatic carbocycles. The van der Waals surface area contributed by atoms with E-state index < -0.39 is 0 Å². The Morgan fingerprint density at radius 1 is 1.82 bits per heavy atom. The second-order valence-electron chi connectivity index (χ2n) is 2.82. The number of hydrogen-bond donors (Lipinski definition) is 3. The number of nitrogens with two attached hydrogens (primary N) is 1. The zero-order valence-corrected chi connectivity index (χ0v) is 6.62. The maximum absolute atomic E-state index is 9.13. The second-order valence-corrected chi connectivity index (χ2v) is 2.82. The standard InChI is InChI=1S/C6H14N4O/c1-9(8)6(7)10-3-2-5(11)4-10/h5,7,11H,2-4,8H2,1H3. The zero-order valence-electron chi connectivity index (χ0n) is 6.62. The van der Waals surface area contributed by atoms with Crippen molar-refractivity contribution in [1.29, 1.82) is 5.41 Å². The maximum atomic E-state index is 9.13. The molecule has 0 aromatic heterocycles. The number of β-amino-alcohol motifs (C(OH)–C–C–N with tert-alkyl or cyclic N) is 1. The third kappa shape index (κ3) is 1.81. The summed E-state index contributed by atoms with van der Waals surface area (Å²) in [5.74, 6) is 5.61. The van der Waals surface area contributed by atoms with Crippen molar-refractivity contribution < 1.29 is 5.11 Å². The van der Waals surface area contributed by atoms with Gasteiger partial charge in [-0.2, -0.15) is 0 Å². The quantitative estimate of drug-likeness (QED) is 0.179. The molecule has 1 rings (SSSR count). The molecule has 11 heavy (non-hydrogen) atoms. The highest BCUT2D eigenvalue weighted by Gasteiger charge is 2.23. The van der Waals surface area contributed by atoms with Gasteiger partial charge < -0.3 is 10.0 Å². The first-order valence-electron chi connectivity index (χ1n) is 3.61. The molecule has 0 aromatic rings. The monoisotopic (exact) mass is 158 g/mol. The lowest BCUT2D eigenvalue weighted by atomic mass is 10.3. The Kier molecular flexibility index (Phi) is 2.31. The number of likely N-dealkylation sites (tertiary alicyclic amines) is 1. The average molecular weight is 158 g/mol. The first-order valence-corrected chi connectivity index (χ1v) is 3.61. The van der Waals surface area contributed by atoms with Gasteiger partial charge in [0.05, 0.1) is 6.10 Å². The molecule has 0 aliphatic carbocycles. The number of aliphatic hydroxyl groups is 1. The molecule has 64 valence electrons. The summed E-state index contributed by atoms with van der Waals surface area (Å²) in [7, 11) is 1.62. The maximum Gasteiger partial charge on any atom is 0.208 e. The highest BCUT2D eigenvalue weighted by atomic mass is 16.3. The van der Waals surface area contributed by atoms with Crippen molar-refractivity contribution in [2.75, 3.05) is 20.1 Å². The van der Waals surface area contributed by atoms with Gasteiger partial charge in [0.2, 0.25) is 5.96 Å². The number of guanidine groups is 1. The number of rotatable bonds is 0. The first kappa shape index (κ1) is 8.29. The number of hydrazine groups is 1. The van der Waals surface area contributed by atoms with Crippen molar-refractivity contribution in [1.82, 2.24) is 9.91 Å². The predicted octanol–water partition coefficient (Wildman–Crippen LogP) is -1.21. The summed E-state index contributed by atoms with van der Waals surface area (Å²) in [5, 5.41) is 17.8. The highest BCUT2D eigenvalue weighted by Crippen LogP contribution is 2.08. The van der Waals surface area contributed by atoms with Gasteiger partial charge >= 0.3 is 0 Å². The van der Waals surface area contributed by atoms with Crippen molar-refractivity contribution in [3.8, 4) is 0 Å². The van der Waals surface area contributed by atoms with Crippen LogP contribution in [0.2, 0.25) is 0 Å². The van der Waals surface area contributed by atoms with Crippen molar-refractivity contribution in [2.24, 2.45) is 5.84 Å². The van der Waals surface area contributed by atoms with Crippen LogP contribution in [0.4, 0.5) is 0 Å². The molecule has 0 spiro atoms. The van der Waals surface area contributed by atoms with Gasteiger partial charge in [-0.25, -0.2) is 5.84 Å². The summed E-state index contributed by atoms with van der Waals surface area (Å²) >= 11 is 0. The van der Waals surface area contributed by atoms with E-state index in [9.17, 15) is 0 Å². The van der Waals surface area contributed by atoms with Crippen LogP contribution >= 0.6 is 0 Å². The topological polar surface area (TPSA) is 76.6 Å². The van der Waals surface area contributed by atoms with E-state index in [4.69, 9.17) is 16.4 Å². The van der Waals surface area contributed by atoms with Gasteiger partial charge in [0.25, 0.3) is 0 Å². The van der Waals surface area contributed by atoms with Crippen LogP contribution in [0.15, 0.2) is 0 Å². The molecule has 5 heteroatoms. The normalized spacial score (nSPS) is 23.9. The van der Waals surface area contributed by atoms with Gasteiger partial charge in [-0.15, -0.1) is 0 Å². The first-order chi connectivity index (χ1) is 5.11. The van der Waals surface area contributed by atoms with Crippen molar-refractivity contribution in [3.05, 3.63) is 0 Å². The van der Waals surface area contributed by atoms with Gasteiger partial charge in [0, 0.05) is 20.1 Å². The number of aliphatic hydroxyl groups excluding tert-OH is 1. The molecule has 1 unspecified atom stereocenters. The Labute approximate surface area is 65.9 Å². The number of nitrogens with one attached hydrogen (secondary N) is 1. The summed E-state index contributed by atoms with van der Waals surface area (Å²) in [4.78, 5) is 1.75. The van der Waals surface area contributed by atoms with Gasteiger partial charge in [-0.3, -0.25) is 10.4 Å². The minimum atomic E-state index is -0.296. The van der Waals surface area contributed by atoms with Crippen LogP contribution in [-0.4, -0.2) is 47.2 Å². The molecule has 1 heterocycles. The van der Waals surface area contributed by atoms with Crippen LogP contribution in [0, 0.1) is 5.41 Å². The fraction of sp³-hybridized carbons (Fsp3) is 0.833. The molecule has 0 radical (unpaired) electrons. The van der Waals surface area contributed by atoms with E-state index in [2.05, 4.69) is 0 Å². The molecule has 0 amide bonds. The molecule has 1 saturated heterocycles. The summed E-state index contributed by atoms with van der Waals surface area (Å²) in [6, 6.07) is 0. The van der Waals surface area contributed by atoms with E-state index >= 15 is 0 Å². The lowest BCUT2D eigenvalue weighted by molar-refractivity contribution is 0.186. The van der Waals surface area contributed by atoms with Crippen LogP contribution in [0.25, 0.3) is 0 Å². The fourth-order valence-electron chi connectivity index (χ4n) is 1.16. The van der Waals surface area contributed by atoms with Crippen LogP contribution in [0.3, 0.4) is 0 Å². The fourth-order valence-corrected chi connectivity index (χ4v) is 1.16. The zero-order chi connectivity index (χ0) is 8.43. The van der Waals surface area contributed by atoms with Crippen molar-refractivity contribution >= 4 is 5.96 Å². The molecule has 4 N–H and O–H groups in total. The Morgan fingerprint density at radius 3 is 2.82 bits per heavy atom.